The van der Waals surface area contributed by atoms with Crippen LogP contribution in [0.3, 0.4) is 0 Å². The number of aromatic nitrogens is 2. The number of aliphatic hydroxyl groups is 1. The van der Waals surface area contributed by atoms with E-state index >= 15 is 0 Å². The molecule has 0 bridgehead atoms. The van der Waals surface area contributed by atoms with E-state index in [0.29, 0.717) is 12.2 Å². The van der Waals surface area contributed by atoms with Gasteiger partial charge in [0.15, 0.2) is 0 Å². The van der Waals surface area contributed by atoms with Gasteiger partial charge in [-0.2, -0.15) is 4.98 Å². The average molecular weight is 504 g/mol. The Balaban J connectivity index is 1.17. The quantitative estimate of drug-likeness (QED) is 0.258. The predicted octanol–water partition coefficient (Wildman–Crippen LogP) is 2.48. The fourth-order valence-electron chi connectivity index (χ4n) is 3.76. The van der Waals surface area contributed by atoms with E-state index in [1.807, 2.05) is 6.07 Å². The van der Waals surface area contributed by atoms with Crippen LogP contribution < -0.4 is 21.6 Å². The van der Waals surface area contributed by atoms with Gasteiger partial charge < -0.3 is 25.8 Å². The lowest BCUT2D eigenvalue weighted by molar-refractivity contribution is -0.116. The van der Waals surface area contributed by atoms with Gasteiger partial charge >= 0.3 is 5.69 Å². The third-order valence-electron chi connectivity index (χ3n) is 5.68. The minimum absolute atomic E-state index is 0.0969. The van der Waals surface area contributed by atoms with Crippen molar-refractivity contribution in [3.8, 4) is 0 Å². The van der Waals surface area contributed by atoms with Gasteiger partial charge in [-0.15, -0.1) is 11.8 Å². The van der Waals surface area contributed by atoms with E-state index in [1.165, 1.54) is 34.7 Å². The lowest BCUT2D eigenvalue weighted by atomic mass is 10.2. The van der Waals surface area contributed by atoms with Crippen LogP contribution in [0.15, 0.2) is 47.4 Å². The zero-order valence-electron chi connectivity index (χ0n) is 20.2. The van der Waals surface area contributed by atoms with Crippen molar-refractivity contribution in [2.45, 2.75) is 56.7 Å². The molecule has 1 fully saturated rings. The van der Waals surface area contributed by atoms with Crippen LogP contribution in [0.2, 0.25) is 0 Å². The number of carbonyl (C=O) groups is 1. The highest BCUT2D eigenvalue weighted by Crippen LogP contribution is 2.30. The molecule has 1 amide bonds. The van der Waals surface area contributed by atoms with Crippen LogP contribution in [0, 0.1) is 0 Å². The molecule has 0 radical (unpaired) electrons. The van der Waals surface area contributed by atoms with E-state index in [1.54, 1.807) is 12.3 Å². The van der Waals surface area contributed by atoms with Crippen LogP contribution >= 0.6 is 11.8 Å². The summed E-state index contributed by atoms with van der Waals surface area (Å²) in [5.74, 6) is 0.668. The van der Waals surface area contributed by atoms with Gasteiger partial charge in [-0.25, -0.2) is 4.79 Å². The second-order valence-corrected chi connectivity index (χ2v) is 9.71. The van der Waals surface area contributed by atoms with Gasteiger partial charge in [0.25, 0.3) is 0 Å². The number of benzene rings is 1. The Bertz CT molecular complexity index is 943. The molecule has 1 aliphatic rings. The molecule has 3 rings (SSSR count). The lowest BCUT2D eigenvalue weighted by Crippen LogP contribution is -2.29. The maximum Gasteiger partial charge on any atom is 0.351 e. The number of thioether (sulfide) groups is 1. The summed E-state index contributed by atoms with van der Waals surface area (Å²) in [6.07, 6.45) is 6.71. The number of unbranched alkanes of at least 4 members (excludes halogenated alkanes) is 3. The maximum absolute atomic E-state index is 12.3. The number of anilines is 1. The standard InChI is InChI=1S/C25H37N5O4S/c31-18-24-34-23(19-35-24)30-16-12-21(29-25(30)33)28-22(32)11-5-8-14-26-13-6-2-7-15-27-17-20-9-3-1-4-10-20/h1,3-4,9-10,12,16,23-24,26-27,31H,2,5-8,11,13-15,17-19H2,(H,28,29,32,33). The summed E-state index contributed by atoms with van der Waals surface area (Å²) < 4.78 is 6.96. The fourth-order valence-corrected chi connectivity index (χ4v) is 4.69. The molecule has 0 saturated carbocycles. The molecule has 192 valence electrons. The molecule has 1 aliphatic heterocycles. The van der Waals surface area contributed by atoms with Gasteiger partial charge in [0.2, 0.25) is 5.91 Å². The van der Waals surface area contributed by atoms with Crippen molar-refractivity contribution in [2.24, 2.45) is 0 Å². The Morgan fingerprint density at radius 3 is 2.51 bits per heavy atom. The molecule has 0 spiro atoms. The van der Waals surface area contributed by atoms with Gasteiger partial charge in [0, 0.05) is 24.9 Å². The number of hydrogen-bond donors (Lipinski definition) is 4. The Labute approximate surface area is 211 Å². The fraction of sp³-hybridized carbons (Fsp3) is 0.560. The smallest absolute Gasteiger partial charge is 0.351 e. The zero-order valence-corrected chi connectivity index (χ0v) is 21.0. The first kappa shape index (κ1) is 27.3. The van der Waals surface area contributed by atoms with Crippen molar-refractivity contribution in [1.82, 2.24) is 20.2 Å². The molecule has 1 aromatic heterocycles. The van der Waals surface area contributed by atoms with Gasteiger partial charge in [-0.05, 0) is 56.9 Å². The highest BCUT2D eigenvalue weighted by Gasteiger charge is 2.27. The number of aliphatic hydroxyl groups excluding tert-OH is 1. The van der Waals surface area contributed by atoms with Crippen molar-refractivity contribution < 1.29 is 14.6 Å². The van der Waals surface area contributed by atoms with Crippen molar-refractivity contribution in [2.75, 3.05) is 37.3 Å². The number of amides is 1. The van der Waals surface area contributed by atoms with Crippen LogP contribution in [-0.2, 0) is 16.1 Å². The second-order valence-electron chi connectivity index (χ2n) is 8.52. The molecule has 2 aromatic rings. The van der Waals surface area contributed by atoms with Gasteiger partial charge in [0.1, 0.15) is 17.5 Å². The summed E-state index contributed by atoms with van der Waals surface area (Å²) in [5.41, 5.74) is 0.508. The number of rotatable bonds is 16. The van der Waals surface area contributed by atoms with Crippen LogP contribution in [0.4, 0.5) is 5.82 Å². The summed E-state index contributed by atoms with van der Waals surface area (Å²) in [5, 5.41) is 18.8. The average Bonchev–Trinajstić information content (AvgIpc) is 3.34. The minimum Gasteiger partial charge on any atom is -0.393 e. The van der Waals surface area contributed by atoms with Crippen molar-refractivity contribution in [3.63, 3.8) is 0 Å². The van der Waals surface area contributed by atoms with Crippen LogP contribution in [0.1, 0.15) is 50.3 Å². The summed E-state index contributed by atoms with van der Waals surface area (Å²) in [6.45, 7) is 3.74. The summed E-state index contributed by atoms with van der Waals surface area (Å²) >= 11 is 1.45. The van der Waals surface area contributed by atoms with E-state index in [0.717, 1.165) is 45.4 Å². The second kappa shape index (κ2) is 15.7. The van der Waals surface area contributed by atoms with Crippen molar-refractivity contribution in [1.29, 1.82) is 0 Å². The summed E-state index contributed by atoms with van der Waals surface area (Å²) in [7, 11) is 0. The SMILES string of the molecule is O=C(CCCCNCCCCCNCc1ccccc1)Nc1ccn(C2CSC(CO)O2)c(=O)n1. The molecule has 4 N–H and O–H groups in total. The topological polar surface area (TPSA) is 118 Å². The monoisotopic (exact) mass is 503 g/mol. The molecule has 1 aromatic carbocycles. The van der Waals surface area contributed by atoms with Crippen LogP contribution in [-0.4, -0.2) is 58.0 Å². The zero-order chi connectivity index (χ0) is 24.7. The first-order chi connectivity index (χ1) is 17.2. The molecule has 2 unspecified atom stereocenters. The molecule has 1 saturated heterocycles. The summed E-state index contributed by atoms with van der Waals surface area (Å²) in [4.78, 5) is 28.3. The number of hydrogen-bond acceptors (Lipinski definition) is 8. The molecule has 0 aliphatic carbocycles. The molecule has 2 atom stereocenters. The van der Waals surface area contributed by atoms with E-state index < -0.39 is 11.9 Å². The van der Waals surface area contributed by atoms with Crippen LogP contribution in [0.5, 0.6) is 0 Å². The Morgan fingerprint density at radius 1 is 1.06 bits per heavy atom. The van der Waals surface area contributed by atoms with E-state index in [9.17, 15) is 9.59 Å². The normalized spacial score (nSPS) is 17.5. The summed E-state index contributed by atoms with van der Waals surface area (Å²) in [6, 6.07) is 12.0. The van der Waals surface area contributed by atoms with Crippen molar-refractivity contribution >= 4 is 23.5 Å². The predicted molar refractivity (Wildman–Crippen MR) is 139 cm³/mol. The van der Waals surface area contributed by atoms with Gasteiger partial charge in [0.05, 0.1) is 6.61 Å². The molecule has 10 heteroatoms. The Morgan fingerprint density at radius 2 is 1.80 bits per heavy atom. The first-order valence-corrected chi connectivity index (χ1v) is 13.4. The molecule has 9 nitrogen and oxygen atoms in total. The molecular formula is C25H37N5O4S. The Kier molecular flexibility index (Phi) is 12.3. The van der Waals surface area contributed by atoms with E-state index in [-0.39, 0.29) is 23.8 Å². The number of carbonyl (C=O) groups excluding carboxylic acids is 1. The number of nitrogens with one attached hydrogen (secondary N) is 3. The molecule has 35 heavy (non-hydrogen) atoms. The van der Waals surface area contributed by atoms with Gasteiger partial charge in [-0.1, -0.05) is 36.8 Å². The highest BCUT2D eigenvalue weighted by atomic mass is 32.2. The largest absolute Gasteiger partial charge is 0.393 e. The minimum atomic E-state index is -0.483. The first-order valence-electron chi connectivity index (χ1n) is 12.4. The van der Waals surface area contributed by atoms with Crippen LogP contribution in [0.25, 0.3) is 0 Å². The third kappa shape index (κ3) is 10.1. The number of nitrogens with zero attached hydrogens (tertiary/aromatic N) is 2. The molecule has 2 heterocycles. The number of ether oxygens (including phenoxy) is 1. The van der Waals surface area contributed by atoms with Crippen molar-refractivity contribution in [3.05, 3.63) is 58.6 Å². The molecular weight excluding hydrogens is 466 g/mol. The third-order valence-corrected chi connectivity index (χ3v) is 6.79. The lowest BCUT2D eigenvalue weighted by Gasteiger charge is -2.14. The maximum atomic E-state index is 12.3. The van der Waals surface area contributed by atoms with Gasteiger partial charge in [-0.3, -0.25) is 9.36 Å². The Hall–Kier alpha value is -2.24. The van der Waals surface area contributed by atoms with E-state index in [4.69, 9.17) is 9.84 Å². The van der Waals surface area contributed by atoms with E-state index in [2.05, 4.69) is 45.2 Å². The highest BCUT2D eigenvalue weighted by molar-refractivity contribution is 8.00.